The highest BCUT2D eigenvalue weighted by Gasteiger charge is 2.13. The number of carboxylic acid groups (broad SMARTS) is 1. The first-order valence-electron chi connectivity index (χ1n) is 3.86. The second kappa shape index (κ2) is 3.30. The van der Waals surface area contributed by atoms with Crippen molar-refractivity contribution in [2.24, 2.45) is 0 Å². The molecule has 1 N–H and O–H groups in total. The predicted octanol–water partition coefficient (Wildman–Crippen LogP) is 1.76. The lowest BCUT2D eigenvalue weighted by Crippen LogP contribution is -1.99. The summed E-state index contributed by atoms with van der Waals surface area (Å²) in [5.41, 5.74) is 0.786. The minimum Gasteiger partial charge on any atom is -0.481 e. The number of carbonyl (C=O) groups is 1. The molecule has 0 aromatic heterocycles. The fourth-order valence-corrected chi connectivity index (χ4v) is 1.96. The van der Waals surface area contributed by atoms with Crippen LogP contribution in [0.2, 0.25) is 0 Å². The summed E-state index contributed by atoms with van der Waals surface area (Å²) in [7, 11) is 0. The Balaban J connectivity index is 2.25. The van der Waals surface area contributed by atoms with Crippen LogP contribution in [0.5, 0.6) is 5.75 Å². The van der Waals surface area contributed by atoms with Crippen molar-refractivity contribution >= 4 is 17.7 Å². The molecule has 1 aliphatic heterocycles. The van der Waals surface area contributed by atoms with Crippen molar-refractivity contribution in [1.82, 2.24) is 0 Å². The molecule has 0 amide bonds. The average molecular weight is 196 g/mol. The first kappa shape index (κ1) is 8.44. The van der Waals surface area contributed by atoms with Crippen LogP contribution in [0.1, 0.15) is 5.56 Å². The topological polar surface area (TPSA) is 46.5 Å². The molecule has 1 heterocycles. The van der Waals surface area contributed by atoms with Gasteiger partial charge < -0.3 is 9.84 Å². The summed E-state index contributed by atoms with van der Waals surface area (Å²) in [6, 6.07) is 5.53. The Bertz CT molecular complexity index is 349. The highest BCUT2D eigenvalue weighted by atomic mass is 32.2. The van der Waals surface area contributed by atoms with Gasteiger partial charge in [0.15, 0.2) is 0 Å². The maximum atomic E-state index is 10.4. The zero-order valence-electron chi connectivity index (χ0n) is 6.82. The number of rotatable bonds is 2. The maximum absolute atomic E-state index is 10.4. The molecule has 0 unspecified atom stereocenters. The molecule has 0 atom stereocenters. The minimum atomic E-state index is -0.814. The van der Waals surface area contributed by atoms with E-state index in [1.807, 2.05) is 12.1 Å². The standard InChI is InChI=1S/C9H8O3S/c10-9(11)4-6-1-2-8-7(3-6)12-5-13-8/h1-3H,4-5H2,(H,10,11). The largest absolute Gasteiger partial charge is 0.481 e. The number of hydrogen-bond donors (Lipinski definition) is 1. The van der Waals surface area contributed by atoms with Crippen molar-refractivity contribution in [3.8, 4) is 5.75 Å². The summed E-state index contributed by atoms with van der Waals surface area (Å²) in [5.74, 6) is 0.626. The Hall–Kier alpha value is -1.16. The molecule has 0 aliphatic carbocycles. The van der Waals surface area contributed by atoms with Gasteiger partial charge in [0, 0.05) is 0 Å². The van der Waals surface area contributed by atoms with Gasteiger partial charge in [-0.1, -0.05) is 17.8 Å². The maximum Gasteiger partial charge on any atom is 0.307 e. The molecule has 3 nitrogen and oxygen atoms in total. The third-order valence-electron chi connectivity index (χ3n) is 1.79. The number of carboxylic acids is 1. The quantitative estimate of drug-likeness (QED) is 0.782. The lowest BCUT2D eigenvalue weighted by Gasteiger charge is -2.00. The van der Waals surface area contributed by atoms with Gasteiger partial charge in [-0.05, 0) is 17.7 Å². The van der Waals surface area contributed by atoms with Crippen molar-refractivity contribution < 1.29 is 14.6 Å². The van der Waals surface area contributed by atoms with Gasteiger partial charge in [0.25, 0.3) is 0 Å². The molecule has 13 heavy (non-hydrogen) atoms. The van der Waals surface area contributed by atoms with Crippen LogP contribution >= 0.6 is 11.8 Å². The summed E-state index contributed by atoms with van der Waals surface area (Å²) in [6.07, 6.45) is 0.0569. The Morgan fingerprint density at radius 2 is 2.46 bits per heavy atom. The van der Waals surface area contributed by atoms with Crippen molar-refractivity contribution in [2.75, 3.05) is 5.94 Å². The van der Waals surface area contributed by atoms with Gasteiger partial charge in [-0.2, -0.15) is 0 Å². The third-order valence-corrected chi connectivity index (χ3v) is 2.68. The highest BCUT2D eigenvalue weighted by Crippen LogP contribution is 2.36. The van der Waals surface area contributed by atoms with E-state index in [2.05, 4.69) is 0 Å². The van der Waals surface area contributed by atoms with Gasteiger partial charge >= 0.3 is 5.97 Å². The first-order chi connectivity index (χ1) is 6.25. The summed E-state index contributed by atoms with van der Waals surface area (Å²) in [5, 5.41) is 8.57. The van der Waals surface area contributed by atoms with Gasteiger partial charge in [0.05, 0.1) is 11.3 Å². The SMILES string of the molecule is O=C(O)Cc1ccc2c(c1)OCS2. The number of thioether (sulfide) groups is 1. The van der Waals surface area contributed by atoms with Crippen LogP contribution < -0.4 is 4.74 Å². The van der Waals surface area contributed by atoms with E-state index in [0.717, 1.165) is 16.2 Å². The summed E-state index contributed by atoms with van der Waals surface area (Å²) in [6.45, 7) is 0. The Kier molecular flexibility index (Phi) is 2.14. The fourth-order valence-electron chi connectivity index (χ4n) is 1.23. The molecule has 0 radical (unpaired) electrons. The van der Waals surface area contributed by atoms with Crippen LogP contribution in [0.4, 0.5) is 0 Å². The summed E-state index contributed by atoms with van der Waals surface area (Å²) >= 11 is 1.63. The molecule has 4 heteroatoms. The predicted molar refractivity (Wildman–Crippen MR) is 49.1 cm³/mol. The Morgan fingerprint density at radius 1 is 1.62 bits per heavy atom. The van der Waals surface area contributed by atoms with Crippen molar-refractivity contribution in [2.45, 2.75) is 11.3 Å². The van der Waals surface area contributed by atoms with E-state index >= 15 is 0 Å². The van der Waals surface area contributed by atoms with Crippen LogP contribution in [-0.4, -0.2) is 17.0 Å². The normalized spacial score (nSPS) is 13.5. The fraction of sp³-hybridized carbons (Fsp3) is 0.222. The number of hydrogen-bond acceptors (Lipinski definition) is 3. The lowest BCUT2D eigenvalue weighted by atomic mass is 10.1. The summed E-state index contributed by atoms with van der Waals surface area (Å²) in [4.78, 5) is 11.5. The molecule has 0 spiro atoms. The van der Waals surface area contributed by atoms with E-state index in [-0.39, 0.29) is 6.42 Å². The van der Waals surface area contributed by atoms with Crippen molar-refractivity contribution in [3.05, 3.63) is 23.8 Å². The molecule has 0 bridgehead atoms. The van der Waals surface area contributed by atoms with E-state index in [4.69, 9.17) is 9.84 Å². The molecule has 1 aromatic rings. The zero-order chi connectivity index (χ0) is 9.26. The molecular formula is C9H8O3S. The van der Waals surface area contributed by atoms with Crippen LogP contribution in [0.25, 0.3) is 0 Å². The molecular weight excluding hydrogens is 188 g/mol. The highest BCUT2D eigenvalue weighted by molar-refractivity contribution is 7.99. The molecule has 1 aliphatic rings. The monoisotopic (exact) mass is 196 g/mol. The first-order valence-corrected chi connectivity index (χ1v) is 4.84. The third kappa shape index (κ3) is 1.78. The lowest BCUT2D eigenvalue weighted by molar-refractivity contribution is -0.136. The zero-order valence-corrected chi connectivity index (χ0v) is 7.63. The molecule has 68 valence electrons. The summed E-state index contributed by atoms with van der Waals surface area (Å²) < 4.78 is 5.29. The minimum absolute atomic E-state index is 0.0569. The molecule has 0 fully saturated rings. The van der Waals surface area contributed by atoms with Crippen LogP contribution in [0, 0.1) is 0 Å². The molecule has 1 aromatic carbocycles. The van der Waals surface area contributed by atoms with E-state index in [0.29, 0.717) is 5.94 Å². The van der Waals surface area contributed by atoms with E-state index < -0.39 is 5.97 Å². The van der Waals surface area contributed by atoms with Gasteiger partial charge in [0.2, 0.25) is 0 Å². The van der Waals surface area contributed by atoms with Crippen LogP contribution in [-0.2, 0) is 11.2 Å². The average Bonchev–Trinajstić information content (AvgIpc) is 2.49. The van der Waals surface area contributed by atoms with E-state index in [9.17, 15) is 4.79 Å². The van der Waals surface area contributed by atoms with E-state index in [1.54, 1.807) is 17.8 Å². The Morgan fingerprint density at radius 3 is 3.23 bits per heavy atom. The molecule has 0 saturated carbocycles. The van der Waals surface area contributed by atoms with Gasteiger partial charge in [-0.3, -0.25) is 4.79 Å². The smallest absolute Gasteiger partial charge is 0.307 e. The van der Waals surface area contributed by atoms with Gasteiger partial charge in [-0.25, -0.2) is 0 Å². The van der Waals surface area contributed by atoms with E-state index in [1.165, 1.54) is 0 Å². The van der Waals surface area contributed by atoms with Crippen molar-refractivity contribution in [1.29, 1.82) is 0 Å². The van der Waals surface area contributed by atoms with Crippen molar-refractivity contribution in [3.63, 3.8) is 0 Å². The van der Waals surface area contributed by atoms with Crippen LogP contribution in [0.15, 0.2) is 23.1 Å². The van der Waals surface area contributed by atoms with Gasteiger partial charge in [-0.15, -0.1) is 0 Å². The molecule has 0 saturated heterocycles. The molecule has 2 rings (SSSR count). The Labute approximate surface area is 79.7 Å². The number of benzene rings is 1. The number of ether oxygens (including phenoxy) is 1. The van der Waals surface area contributed by atoms with Crippen LogP contribution in [0.3, 0.4) is 0 Å². The number of fused-ring (bicyclic) bond motifs is 1. The number of aliphatic carboxylic acids is 1. The second-order valence-corrected chi connectivity index (χ2v) is 3.72. The van der Waals surface area contributed by atoms with Gasteiger partial charge in [0.1, 0.15) is 11.7 Å². The second-order valence-electron chi connectivity index (χ2n) is 2.76.